The number of hydrogen-bond acceptors (Lipinski definition) is 4. The summed E-state index contributed by atoms with van der Waals surface area (Å²) in [4.78, 5) is 24.3. The third-order valence-electron chi connectivity index (χ3n) is 4.36. The molecule has 6 nitrogen and oxygen atoms in total. The summed E-state index contributed by atoms with van der Waals surface area (Å²) in [5, 5.41) is 6.13. The maximum Gasteiger partial charge on any atom is 0.252 e. The van der Waals surface area contributed by atoms with Gasteiger partial charge in [0.15, 0.2) is 11.5 Å². The van der Waals surface area contributed by atoms with Crippen LogP contribution in [0.4, 0.5) is 0 Å². The Morgan fingerprint density at radius 1 is 1.26 bits per heavy atom. The van der Waals surface area contributed by atoms with Gasteiger partial charge < -0.3 is 20.1 Å². The van der Waals surface area contributed by atoms with Crippen molar-refractivity contribution in [2.24, 2.45) is 0 Å². The summed E-state index contributed by atoms with van der Waals surface area (Å²) < 4.78 is 11.1. The van der Waals surface area contributed by atoms with Crippen LogP contribution in [0, 0.1) is 0 Å². The summed E-state index contributed by atoms with van der Waals surface area (Å²) in [6, 6.07) is 11.8. The first-order chi connectivity index (χ1) is 13.1. The second-order valence-corrected chi connectivity index (χ2v) is 6.61. The molecule has 7 heteroatoms. The number of carbonyl (C=O) groups is 2. The summed E-state index contributed by atoms with van der Waals surface area (Å²) in [5.41, 5.74) is 1.25. The van der Waals surface area contributed by atoms with Gasteiger partial charge in [-0.3, -0.25) is 9.59 Å². The monoisotopic (exact) mass is 388 g/mol. The van der Waals surface area contributed by atoms with Crippen LogP contribution >= 0.6 is 11.6 Å². The summed E-state index contributed by atoms with van der Waals surface area (Å²) in [5.74, 6) is 0.460. The van der Waals surface area contributed by atoms with Crippen LogP contribution < -0.4 is 20.1 Å². The third-order valence-corrected chi connectivity index (χ3v) is 4.73. The lowest BCUT2D eigenvalue weighted by atomic mass is 10.1. The fourth-order valence-electron chi connectivity index (χ4n) is 2.85. The van der Waals surface area contributed by atoms with Crippen LogP contribution in [0.25, 0.3) is 0 Å². The highest BCUT2D eigenvalue weighted by Gasteiger charge is 2.24. The number of rotatable bonds is 6. The molecule has 1 aliphatic heterocycles. The number of amides is 2. The molecule has 0 unspecified atom stereocenters. The van der Waals surface area contributed by atoms with Gasteiger partial charge in [0, 0.05) is 22.7 Å². The average molecular weight is 389 g/mol. The molecule has 2 amide bonds. The standard InChI is InChI=1S/C20H21ClN2O4/c1-26-18-11-13(19(24)23-16-7-4-10-22-20(16)25)8-9-17(18)27-12-14-5-2-3-6-15(14)21/h2-3,5-6,8-9,11,16H,4,7,10,12H2,1H3,(H,22,25)(H,23,24)/t16-/m1/s1. The molecule has 2 aromatic rings. The first-order valence-corrected chi connectivity index (χ1v) is 9.09. The molecule has 2 N–H and O–H groups in total. The van der Waals surface area contributed by atoms with Crippen molar-refractivity contribution >= 4 is 23.4 Å². The van der Waals surface area contributed by atoms with Crippen molar-refractivity contribution in [2.45, 2.75) is 25.5 Å². The van der Waals surface area contributed by atoms with Crippen LogP contribution in [0.2, 0.25) is 5.02 Å². The fourth-order valence-corrected chi connectivity index (χ4v) is 3.04. The predicted molar refractivity (Wildman–Crippen MR) is 102 cm³/mol. The van der Waals surface area contributed by atoms with E-state index in [1.807, 2.05) is 18.2 Å². The maximum absolute atomic E-state index is 12.5. The molecule has 2 aromatic carbocycles. The molecule has 27 heavy (non-hydrogen) atoms. The number of methoxy groups -OCH3 is 1. The van der Waals surface area contributed by atoms with Gasteiger partial charge in [0.25, 0.3) is 5.91 Å². The minimum absolute atomic E-state index is 0.152. The quantitative estimate of drug-likeness (QED) is 0.797. The van der Waals surface area contributed by atoms with Crippen LogP contribution in [-0.4, -0.2) is 31.5 Å². The van der Waals surface area contributed by atoms with E-state index in [1.165, 1.54) is 7.11 Å². The van der Waals surface area contributed by atoms with Gasteiger partial charge >= 0.3 is 0 Å². The molecule has 0 aromatic heterocycles. The van der Waals surface area contributed by atoms with E-state index >= 15 is 0 Å². The van der Waals surface area contributed by atoms with Gasteiger partial charge in [-0.05, 0) is 37.1 Å². The lowest BCUT2D eigenvalue weighted by Gasteiger charge is -2.23. The van der Waals surface area contributed by atoms with Gasteiger partial charge in [0.1, 0.15) is 12.6 Å². The highest BCUT2D eigenvalue weighted by molar-refractivity contribution is 6.31. The Labute approximate surface area is 162 Å². The van der Waals surface area contributed by atoms with Crippen LogP contribution in [0.3, 0.4) is 0 Å². The Kier molecular flexibility index (Phi) is 6.19. The summed E-state index contributed by atoms with van der Waals surface area (Å²) >= 11 is 6.14. The molecular weight excluding hydrogens is 368 g/mol. The molecule has 0 saturated carbocycles. The van der Waals surface area contributed by atoms with Gasteiger partial charge in [0.05, 0.1) is 7.11 Å². The minimum atomic E-state index is -0.506. The van der Waals surface area contributed by atoms with E-state index in [2.05, 4.69) is 10.6 Å². The number of nitrogens with one attached hydrogen (secondary N) is 2. The number of benzene rings is 2. The first-order valence-electron chi connectivity index (χ1n) is 8.71. The molecule has 0 bridgehead atoms. The minimum Gasteiger partial charge on any atom is -0.493 e. The van der Waals surface area contributed by atoms with E-state index in [1.54, 1.807) is 24.3 Å². The first kappa shape index (κ1) is 19.0. The third kappa shape index (κ3) is 4.71. The van der Waals surface area contributed by atoms with Crippen LogP contribution in [0.1, 0.15) is 28.8 Å². The largest absolute Gasteiger partial charge is 0.493 e. The molecule has 142 valence electrons. The molecule has 1 saturated heterocycles. The van der Waals surface area contributed by atoms with Gasteiger partial charge in [0.2, 0.25) is 5.91 Å². The number of piperidine rings is 1. The van der Waals surface area contributed by atoms with Crippen molar-refractivity contribution in [1.29, 1.82) is 0 Å². The molecule has 1 heterocycles. The zero-order valence-corrected chi connectivity index (χ0v) is 15.7. The summed E-state index contributed by atoms with van der Waals surface area (Å²) in [6.45, 7) is 0.931. The maximum atomic E-state index is 12.5. The van der Waals surface area contributed by atoms with Crippen molar-refractivity contribution in [3.05, 3.63) is 58.6 Å². The van der Waals surface area contributed by atoms with Crippen LogP contribution in [-0.2, 0) is 11.4 Å². The second-order valence-electron chi connectivity index (χ2n) is 6.21. The van der Waals surface area contributed by atoms with Crippen molar-refractivity contribution in [3.8, 4) is 11.5 Å². The average Bonchev–Trinajstić information content (AvgIpc) is 2.69. The van der Waals surface area contributed by atoms with E-state index in [0.29, 0.717) is 35.1 Å². The normalized spacial score (nSPS) is 16.4. The lowest BCUT2D eigenvalue weighted by Crippen LogP contribution is -2.50. The van der Waals surface area contributed by atoms with Crippen molar-refractivity contribution in [3.63, 3.8) is 0 Å². The highest BCUT2D eigenvalue weighted by atomic mass is 35.5. The number of hydrogen-bond donors (Lipinski definition) is 2. The van der Waals surface area contributed by atoms with E-state index in [0.717, 1.165) is 12.0 Å². The van der Waals surface area contributed by atoms with Crippen molar-refractivity contribution in [2.75, 3.05) is 13.7 Å². The Hall–Kier alpha value is -2.73. The van der Waals surface area contributed by atoms with Crippen LogP contribution in [0.5, 0.6) is 11.5 Å². The fraction of sp³-hybridized carbons (Fsp3) is 0.300. The topological polar surface area (TPSA) is 76.7 Å². The molecule has 0 spiro atoms. The van der Waals surface area contributed by atoms with E-state index in [4.69, 9.17) is 21.1 Å². The predicted octanol–water partition coefficient (Wildman–Crippen LogP) is 2.94. The molecule has 1 fully saturated rings. The van der Waals surface area contributed by atoms with Gasteiger partial charge in [-0.1, -0.05) is 29.8 Å². The van der Waals surface area contributed by atoms with Gasteiger partial charge in [-0.15, -0.1) is 0 Å². The Morgan fingerprint density at radius 3 is 2.81 bits per heavy atom. The zero-order chi connectivity index (χ0) is 19.2. The van der Waals surface area contributed by atoms with E-state index < -0.39 is 6.04 Å². The summed E-state index contributed by atoms with van der Waals surface area (Å²) in [7, 11) is 1.51. The van der Waals surface area contributed by atoms with Gasteiger partial charge in [-0.25, -0.2) is 0 Å². The summed E-state index contributed by atoms with van der Waals surface area (Å²) in [6.07, 6.45) is 1.47. The van der Waals surface area contributed by atoms with E-state index in [9.17, 15) is 9.59 Å². The van der Waals surface area contributed by atoms with Crippen molar-refractivity contribution in [1.82, 2.24) is 10.6 Å². The molecule has 0 radical (unpaired) electrons. The van der Waals surface area contributed by atoms with Crippen molar-refractivity contribution < 1.29 is 19.1 Å². The second kappa shape index (κ2) is 8.77. The zero-order valence-electron chi connectivity index (χ0n) is 15.0. The Bertz CT molecular complexity index is 840. The number of halogens is 1. The molecule has 1 aliphatic rings. The Morgan fingerprint density at radius 2 is 2.07 bits per heavy atom. The smallest absolute Gasteiger partial charge is 0.252 e. The molecule has 3 rings (SSSR count). The number of carbonyl (C=O) groups excluding carboxylic acids is 2. The Balaban J connectivity index is 1.69. The van der Waals surface area contributed by atoms with Crippen LogP contribution in [0.15, 0.2) is 42.5 Å². The van der Waals surface area contributed by atoms with Gasteiger partial charge in [-0.2, -0.15) is 0 Å². The SMILES string of the molecule is COc1cc(C(=O)N[C@@H]2CCCNC2=O)ccc1OCc1ccccc1Cl. The molecular formula is C20H21ClN2O4. The van der Waals surface area contributed by atoms with E-state index in [-0.39, 0.29) is 18.4 Å². The molecule has 0 aliphatic carbocycles. The number of ether oxygens (including phenoxy) is 2. The highest BCUT2D eigenvalue weighted by Crippen LogP contribution is 2.29. The molecule has 1 atom stereocenters. The lowest BCUT2D eigenvalue weighted by molar-refractivity contribution is -0.124.